The average Bonchev–Trinajstić information content (AvgIpc) is 0. The molecule has 0 heterocycles. The van der Waals surface area contributed by atoms with E-state index < -0.39 is 0 Å². The molecule has 1 radical (unpaired) electrons. The molecule has 0 unspecified atom stereocenters. The van der Waals surface area contributed by atoms with Gasteiger partial charge in [-0.05, 0) is 0 Å². The van der Waals surface area contributed by atoms with Gasteiger partial charge in [-0.2, -0.15) is 0 Å². The van der Waals surface area contributed by atoms with E-state index >= 15 is 0 Å². The monoisotopic (exact) mass is 189 g/mol. The van der Waals surface area contributed by atoms with Gasteiger partial charge in [-0.3, -0.25) is 0 Å². The summed E-state index contributed by atoms with van der Waals surface area (Å²) in [5, 5.41) is 0. The first-order chi connectivity index (χ1) is 0. The maximum Gasteiger partial charge on any atom is 1.00 e. The third-order valence-corrected chi connectivity index (χ3v) is 0. The van der Waals surface area contributed by atoms with Crippen LogP contribution < -0.4 is 18.9 Å². The van der Waals surface area contributed by atoms with Crippen molar-refractivity contribution < 1.29 is 59.2 Å². The fourth-order valence-electron chi connectivity index (χ4n) is 0. The Balaban J connectivity index is 0. The van der Waals surface area contributed by atoms with Crippen LogP contribution in [0.25, 0.3) is 0 Å². The Morgan fingerprint density at radius 3 is 1.25 bits per heavy atom. The second-order valence-corrected chi connectivity index (χ2v) is 0. The molecule has 0 rings (SSSR count). The van der Waals surface area contributed by atoms with Crippen molar-refractivity contribution in [3.63, 3.8) is 0 Å². The van der Waals surface area contributed by atoms with Gasteiger partial charge in [0.15, 0.2) is 17.4 Å². The summed E-state index contributed by atoms with van der Waals surface area (Å²) in [6.07, 6.45) is 0. The van der Waals surface area contributed by atoms with Crippen LogP contribution in [0, 0.1) is 0 Å². The van der Waals surface area contributed by atoms with E-state index in [0.29, 0.717) is 0 Å². The second kappa shape index (κ2) is 18.3. The zero-order valence-electron chi connectivity index (χ0n) is 2.76. The summed E-state index contributed by atoms with van der Waals surface area (Å²) in [4.78, 5) is 0. The molecule has 0 amide bonds. The summed E-state index contributed by atoms with van der Waals surface area (Å²) < 4.78 is 0. The molecule has 0 nitrogen and oxygen atoms in total. The first-order valence-electron chi connectivity index (χ1n) is 0. The quantitative estimate of drug-likeness (QED) is 0.340. The summed E-state index contributed by atoms with van der Waals surface area (Å²) in [5.41, 5.74) is 0. The van der Waals surface area contributed by atoms with Gasteiger partial charge in [0, 0.05) is 38.9 Å². The first-order valence-corrected chi connectivity index (χ1v) is 0. The average molecular weight is 190 g/mol. The maximum absolute atomic E-state index is 0. The summed E-state index contributed by atoms with van der Waals surface area (Å²) in [5.74, 6) is 0. The van der Waals surface area contributed by atoms with Crippen molar-refractivity contribution in [2.24, 2.45) is 0 Å². The Morgan fingerprint density at radius 1 is 1.25 bits per heavy atom. The van der Waals surface area contributed by atoms with Crippen molar-refractivity contribution in [3.8, 4) is 0 Å². The van der Waals surface area contributed by atoms with Crippen LogP contribution in [0.4, 0.5) is 0 Å². The molecule has 4 heavy (non-hydrogen) atoms. The smallest absolute Gasteiger partial charge is 1.00 e. The van der Waals surface area contributed by atoms with Gasteiger partial charge in [-0.15, -0.1) is 0 Å². The standard InChI is InChI=1S/Al.Li.Nb.Ni.4H/q;+1;;;;;;-1. The zero-order valence-corrected chi connectivity index (χ0v) is 4.95. The maximum atomic E-state index is 0. The molecule has 4 heteroatoms. The third-order valence-electron chi connectivity index (χ3n) is 0. The summed E-state index contributed by atoms with van der Waals surface area (Å²) in [7, 11) is 0. The number of hydrogen-bond acceptors (Lipinski definition) is 0. The number of rotatable bonds is 0. The minimum absolute atomic E-state index is 0. The Hall–Kier alpha value is 2.36. The molecule has 0 aliphatic heterocycles. The van der Waals surface area contributed by atoms with E-state index in [-0.39, 0.29) is 76.5 Å². The summed E-state index contributed by atoms with van der Waals surface area (Å²) in [6, 6.07) is 0. The van der Waals surface area contributed by atoms with E-state index in [0.717, 1.165) is 0 Å². The van der Waals surface area contributed by atoms with Crippen molar-refractivity contribution >= 4 is 17.4 Å². The van der Waals surface area contributed by atoms with Crippen LogP contribution in [0.1, 0.15) is 1.43 Å². The Kier molecular flexibility index (Phi) is 150. The van der Waals surface area contributed by atoms with Gasteiger partial charge in [-0.25, -0.2) is 0 Å². The molecule has 0 aromatic rings. The molecular weight excluding hydrogens is 186 g/mol. The van der Waals surface area contributed by atoms with Crippen LogP contribution in [-0.4, -0.2) is 17.4 Å². The fourth-order valence-corrected chi connectivity index (χ4v) is 0. The van der Waals surface area contributed by atoms with Crippen LogP contribution in [0.3, 0.4) is 0 Å². The van der Waals surface area contributed by atoms with Gasteiger partial charge < -0.3 is 1.43 Å². The van der Waals surface area contributed by atoms with E-state index in [2.05, 4.69) is 0 Å². The Bertz CT molecular complexity index is 11.6. The van der Waals surface area contributed by atoms with E-state index in [4.69, 9.17) is 0 Å². The zero-order chi connectivity index (χ0) is 0. The van der Waals surface area contributed by atoms with E-state index in [1.165, 1.54) is 0 Å². The van der Waals surface area contributed by atoms with Crippen molar-refractivity contribution in [2.75, 3.05) is 0 Å². The molecule has 0 aliphatic rings. The molecular formula is H4AlLiNbNi. The van der Waals surface area contributed by atoms with Crippen LogP contribution in [-0.2, 0) is 38.9 Å². The van der Waals surface area contributed by atoms with Crippen LogP contribution in [0.15, 0.2) is 0 Å². The molecule has 0 spiro atoms. The van der Waals surface area contributed by atoms with Crippen LogP contribution in [0.2, 0.25) is 0 Å². The van der Waals surface area contributed by atoms with Gasteiger partial charge >= 0.3 is 18.9 Å². The van der Waals surface area contributed by atoms with Gasteiger partial charge in [-0.1, -0.05) is 0 Å². The first kappa shape index (κ1) is 32.8. The normalized spacial score (nSPS) is 0. The van der Waals surface area contributed by atoms with E-state index in [9.17, 15) is 0 Å². The van der Waals surface area contributed by atoms with Crippen molar-refractivity contribution in [2.45, 2.75) is 0 Å². The number of hydrogen-bond donors (Lipinski definition) is 0. The molecule has 0 atom stereocenters. The Morgan fingerprint density at radius 2 is 1.25 bits per heavy atom. The molecule has 0 saturated heterocycles. The van der Waals surface area contributed by atoms with E-state index in [1.807, 2.05) is 0 Å². The van der Waals surface area contributed by atoms with Gasteiger partial charge in [0.05, 0.1) is 0 Å². The molecule has 0 saturated carbocycles. The van der Waals surface area contributed by atoms with Crippen LogP contribution >= 0.6 is 0 Å². The molecule has 23 valence electrons. The summed E-state index contributed by atoms with van der Waals surface area (Å²) in [6.45, 7) is 0. The second-order valence-electron chi connectivity index (χ2n) is 0. The van der Waals surface area contributed by atoms with Gasteiger partial charge in [0.1, 0.15) is 0 Å². The summed E-state index contributed by atoms with van der Waals surface area (Å²) >= 11 is 0. The minimum Gasteiger partial charge on any atom is -1.00 e. The van der Waals surface area contributed by atoms with E-state index in [1.54, 1.807) is 0 Å². The third kappa shape index (κ3) is 8.84. The molecule has 0 bridgehead atoms. The van der Waals surface area contributed by atoms with Crippen molar-refractivity contribution in [1.29, 1.82) is 0 Å². The topological polar surface area (TPSA) is 0 Å². The van der Waals surface area contributed by atoms with Gasteiger partial charge in [0.2, 0.25) is 0 Å². The molecule has 0 fully saturated rings. The Labute approximate surface area is 75.7 Å². The minimum atomic E-state index is 0. The van der Waals surface area contributed by atoms with Crippen molar-refractivity contribution in [3.05, 3.63) is 0 Å². The van der Waals surface area contributed by atoms with Crippen LogP contribution in [0.5, 0.6) is 0 Å². The molecule has 0 aliphatic carbocycles. The predicted molar refractivity (Wildman–Crippen MR) is 11.1 cm³/mol. The van der Waals surface area contributed by atoms with Crippen molar-refractivity contribution in [1.82, 2.24) is 0 Å². The SMILES string of the molecule is [AlH3].[H-].[Li+].[Nb].[Ni]. The predicted octanol–water partition coefficient (Wildman–Crippen LogP) is -4.07. The molecule has 0 aromatic carbocycles. The fraction of sp³-hybridized carbons (Fsp3) is 0. The molecule has 0 aromatic heterocycles. The molecule has 0 N–H and O–H groups in total. The van der Waals surface area contributed by atoms with Gasteiger partial charge in [0.25, 0.3) is 0 Å². The largest absolute Gasteiger partial charge is 1.00 e.